The zero-order valence-electron chi connectivity index (χ0n) is 10.7. The van der Waals surface area contributed by atoms with Gasteiger partial charge in [-0.15, -0.1) is 11.3 Å². The van der Waals surface area contributed by atoms with Crippen molar-refractivity contribution in [3.63, 3.8) is 0 Å². The summed E-state index contributed by atoms with van der Waals surface area (Å²) in [5.74, 6) is 0.863. The first-order valence-corrected chi connectivity index (χ1v) is 7.08. The molecule has 0 spiro atoms. The molecule has 4 aromatic rings. The highest BCUT2D eigenvalue weighted by molar-refractivity contribution is 7.13. The van der Waals surface area contributed by atoms with Crippen LogP contribution in [0.15, 0.2) is 42.2 Å². The van der Waals surface area contributed by atoms with E-state index in [0.29, 0.717) is 0 Å². The summed E-state index contributed by atoms with van der Waals surface area (Å²) in [7, 11) is 0. The number of aromatic nitrogens is 5. The standard InChI is InChI=1S/C14H11N5S/c1-9-8-20-14(17-9)13-15-4-5-19(13)11-3-2-10-7-16-18-12(10)6-11/h2-8H,1H3,(H,16,18). The van der Waals surface area contributed by atoms with Gasteiger partial charge in [-0.2, -0.15) is 5.10 Å². The summed E-state index contributed by atoms with van der Waals surface area (Å²) in [6, 6.07) is 6.17. The smallest absolute Gasteiger partial charge is 0.173 e. The molecule has 0 bridgehead atoms. The number of imidazole rings is 1. The van der Waals surface area contributed by atoms with E-state index in [-0.39, 0.29) is 0 Å². The van der Waals surface area contributed by atoms with E-state index < -0.39 is 0 Å². The van der Waals surface area contributed by atoms with Crippen molar-refractivity contribution in [2.45, 2.75) is 6.92 Å². The molecule has 0 aliphatic carbocycles. The Balaban J connectivity index is 1.88. The molecular formula is C14H11N5S. The molecule has 3 aromatic heterocycles. The number of hydrogen-bond acceptors (Lipinski definition) is 4. The van der Waals surface area contributed by atoms with E-state index in [1.165, 1.54) is 0 Å². The molecule has 6 heteroatoms. The van der Waals surface area contributed by atoms with Gasteiger partial charge in [0.25, 0.3) is 0 Å². The van der Waals surface area contributed by atoms with E-state index in [4.69, 9.17) is 0 Å². The molecule has 98 valence electrons. The van der Waals surface area contributed by atoms with Crippen molar-refractivity contribution in [3.05, 3.63) is 47.9 Å². The zero-order chi connectivity index (χ0) is 13.5. The van der Waals surface area contributed by atoms with Crippen LogP contribution >= 0.6 is 11.3 Å². The predicted octanol–water partition coefficient (Wildman–Crippen LogP) is 3.18. The fourth-order valence-corrected chi connectivity index (χ4v) is 2.99. The van der Waals surface area contributed by atoms with E-state index in [1.807, 2.05) is 35.3 Å². The lowest BCUT2D eigenvalue weighted by atomic mass is 10.2. The van der Waals surface area contributed by atoms with Crippen LogP contribution in [0.5, 0.6) is 0 Å². The molecule has 0 fully saturated rings. The Bertz CT molecular complexity index is 886. The average molecular weight is 281 g/mol. The van der Waals surface area contributed by atoms with Gasteiger partial charge in [0.15, 0.2) is 10.8 Å². The molecular weight excluding hydrogens is 270 g/mol. The fourth-order valence-electron chi connectivity index (χ4n) is 2.20. The summed E-state index contributed by atoms with van der Waals surface area (Å²) in [6.45, 7) is 1.99. The first-order valence-electron chi connectivity index (χ1n) is 6.20. The van der Waals surface area contributed by atoms with E-state index >= 15 is 0 Å². The molecule has 0 unspecified atom stereocenters. The Kier molecular flexibility index (Phi) is 2.43. The highest BCUT2D eigenvalue weighted by Gasteiger charge is 2.11. The van der Waals surface area contributed by atoms with Gasteiger partial charge >= 0.3 is 0 Å². The van der Waals surface area contributed by atoms with E-state index in [9.17, 15) is 0 Å². The molecule has 0 saturated carbocycles. The minimum absolute atomic E-state index is 0.863. The quantitative estimate of drug-likeness (QED) is 0.614. The second kappa shape index (κ2) is 4.28. The van der Waals surface area contributed by atoms with Crippen molar-refractivity contribution < 1.29 is 0 Å². The summed E-state index contributed by atoms with van der Waals surface area (Å²) in [4.78, 5) is 8.94. The number of aryl methyl sites for hydroxylation is 1. The number of nitrogens with zero attached hydrogens (tertiary/aromatic N) is 4. The third-order valence-electron chi connectivity index (χ3n) is 3.15. The van der Waals surface area contributed by atoms with Crippen LogP contribution in [0.25, 0.3) is 27.4 Å². The molecule has 0 aliphatic heterocycles. The number of thiazole rings is 1. The number of H-pyrrole nitrogens is 1. The molecule has 4 rings (SSSR count). The van der Waals surface area contributed by atoms with Crippen LogP contribution in [-0.4, -0.2) is 24.7 Å². The average Bonchev–Trinajstić information content (AvgIpc) is 3.17. The molecule has 5 nitrogen and oxygen atoms in total. The Morgan fingerprint density at radius 3 is 3.10 bits per heavy atom. The first-order chi connectivity index (χ1) is 9.81. The van der Waals surface area contributed by atoms with Crippen LogP contribution in [0.1, 0.15) is 5.69 Å². The van der Waals surface area contributed by atoms with Crippen molar-refractivity contribution >= 4 is 22.2 Å². The Morgan fingerprint density at radius 2 is 2.25 bits per heavy atom. The molecule has 0 radical (unpaired) electrons. The molecule has 0 aliphatic rings. The summed E-state index contributed by atoms with van der Waals surface area (Å²) < 4.78 is 2.04. The number of hydrogen-bond donors (Lipinski definition) is 1. The largest absolute Gasteiger partial charge is 0.298 e. The molecule has 20 heavy (non-hydrogen) atoms. The highest BCUT2D eigenvalue weighted by atomic mass is 32.1. The maximum atomic E-state index is 4.51. The van der Waals surface area contributed by atoms with Gasteiger partial charge in [0.2, 0.25) is 0 Å². The monoisotopic (exact) mass is 281 g/mol. The highest BCUT2D eigenvalue weighted by Crippen LogP contribution is 2.25. The Hall–Kier alpha value is -2.47. The lowest BCUT2D eigenvalue weighted by Crippen LogP contribution is -1.96. The normalized spacial score (nSPS) is 11.2. The molecule has 1 N–H and O–H groups in total. The van der Waals surface area contributed by atoms with Crippen molar-refractivity contribution in [3.8, 4) is 16.5 Å². The second-order valence-corrected chi connectivity index (χ2v) is 5.41. The number of rotatable bonds is 2. The van der Waals surface area contributed by atoms with Gasteiger partial charge in [0.05, 0.1) is 11.7 Å². The summed E-state index contributed by atoms with van der Waals surface area (Å²) in [5.41, 5.74) is 3.07. The lowest BCUT2D eigenvalue weighted by Gasteiger charge is -2.05. The van der Waals surface area contributed by atoms with Gasteiger partial charge in [-0.25, -0.2) is 9.97 Å². The lowest BCUT2D eigenvalue weighted by molar-refractivity contribution is 1.06. The SMILES string of the molecule is Cc1csc(-c2nccn2-c2ccc3cn[nH]c3c2)n1. The van der Waals surface area contributed by atoms with Crippen LogP contribution in [0.4, 0.5) is 0 Å². The molecule has 1 aromatic carbocycles. The maximum Gasteiger partial charge on any atom is 0.173 e. The number of fused-ring (bicyclic) bond motifs is 1. The van der Waals surface area contributed by atoms with Gasteiger partial charge in [-0.3, -0.25) is 9.67 Å². The van der Waals surface area contributed by atoms with Crippen molar-refractivity contribution in [2.24, 2.45) is 0 Å². The van der Waals surface area contributed by atoms with E-state index in [0.717, 1.165) is 33.1 Å². The van der Waals surface area contributed by atoms with Gasteiger partial charge in [0.1, 0.15) is 0 Å². The van der Waals surface area contributed by atoms with E-state index in [1.54, 1.807) is 17.5 Å². The van der Waals surface area contributed by atoms with Crippen LogP contribution in [0.2, 0.25) is 0 Å². The number of aromatic amines is 1. The van der Waals surface area contributed by atoms with Gasteiger partial charge in [0, 0.05) is 34.5 Å². The van der Waals surface area contributed by atoms with Crippen molar-refractivity contribution in [1.82, 2.24) is 24.7 Å². The number of nitrogens with one attached hydrogen (secondary N) is 1. The minimum Gasteiger partial charge on any atom is -0.298 e. The predicted molar refractivity (Wildman–Crippen MR) is 79.1 cm³/mol. The molecule has 0 amide bonds. The number of benzene rings is 1. The second-order valence-electron chi connectivity index (χ2n) is 4.56. The van der Waals surface area contributed by atoms with E-state index in [2.05, 4.69) is 32.3 Å². The fraction of sp³-hybridized carbons (Fsp3) is 0.0714. The van der Waals surface area contributed by atoms with Crippen LogP contribution in [-0.2, 0) is 0 Å². The van der Waals surface area contributed by atoms with Crippen molar-refractivity contribution in [2.75, 3.05) is 0 Å². The Labute approximate surface area is 118 Å². The maximum absolute atomic E-state index is 4.51. The minimum atomic E-state index is 0.863. The Morgan fingerprint density at radius 1 is 1.30 bits per heavy atom. The van der Waals surface area contributed by atoms with Gasteiger partial charge in [-0.05, 0) is 25.1 Å². The summed E-state index contributed by atoms with van der Waals surface area (Å²) >= 11 is 1.61. The van der Waals surface area contributed by atoms with Crippen LogP contribution in [0, 0.1) is 6.92 Å². The molecule has 0 saturated heterocycles. The van der Waals surface area contributed by atoms with Crippen LogP contribution < -0.4 is 0 Å². The van der Waals surface area contributed by atoms with Gasteiger partial charge in [-0.1, -0.05) is 0 Å². The van der Waals surface area contributed by atoms with Crippen LogP contribution in [0.3, 0.4) is 0 Å². The topological polar surface area (TPSA) is 59.4 Å². The molecule has 3 heterocycles. The summed E-state index contributed by atoms with van der Waals surface area (Å²) in [6.07, 6.45) is 5.56. The molecule has 0 atom stereocenters. The summed E-state index contributed by atoms with van der Waals surface area (Å²) in [5, 5.41) is 11.1. The third-order valence-corrected chi connectivity index (χ3v) is 4.11. The van der Waals surface area contributed by atoms with Crippen molar-refractivity contribution in [1.29, 1.82) is 0 Å². The first kappa shape index (κ1) is 11.4. The van der Waals surface area contributed by atoms with Gasteiger partial charge < -0.3 is 0 Å². The zero-order valence-corrected chi connectivity index (χ0v) is 11.6. The third kappa shape index (κ3) is 1.73.